The maximum Gasteiger partial charge on any atom is 0.257 e. The van der Waals surface area contributed by atoms with Gasteiger partial charge in [-0.3, -0.25) is 9.78 Å². The van der Waals surface area contributed by atoms with Crippen LogP contribution in [0.3, 0.4) is 0 Å². The van der Waals surface area contributed by atoms with E-state index in [4.69, 9.17) is 17.3 Å². The largest absolute Gasteiger partial charge is 0.397 e. The molecule has 4 nitrogen and oxygen atoms in total. The first-order valence-electron chi connectivity index (χ1n) is 6.36. The van der Waals surface area contributed by atoms with Crippen molar-refractivity contribution in [3.8, 4) is 0 Å². The van der Waals surface area contributed by atoms with E-state index in [2.05, 4.69) is 10.3 Å². The lowest BCUT2D eigenvalue weighted by Crippen LogP contribution is -2.14. The molecule has 0 aliphatic rings. The average molecular weight is 298 g/mol. The molecule has 2 aromatic carbocycles. The lowest BCUT2D eigenvalue weighted by Gasteiger charge is -2.10. The van der Waals surface area contributed by atoms with E-state index in [0.717, 1.165) is 10.9 Å². The predicted molar refractivity (Wildman–Crippen MR) is 85.6 cm³/mol. The molecule has 0 aliphatic carbocycles. The molecular formula is C16H12ClN3O. The summed E-state index contributed by atoms with van der Waals surface area (Å²) < 4.78 is 0. The van der Waals surface area contributed by atoms with E-state index in [9.17, 15) is 4.79 Å². The summed E-state index contributed by atoms with van der Waals surface area (Å²) in [4.78, 5) is 16.6. The Bertz CT molecular complexity index is 827. The van der Waals surface area contributed by atoms with Gasteiger partial charge in [-0.1, -0.05) is 35.9 Å². The number of nitrogens with two attached hydrogens (primary N) is 1. The molecule has 0 radical (unpaired) electrons. The molecule has 1 heterocycles. The van der Waals surface area contributed by atoms with Gasteiger partial charge in [-0.2, -0.15) is 0 Å². The molecule has 104 valence electrons. The van der Waals surface area contributed by atoms with Gasteiger partial charge in [-0.05, 0) is 24.3 Å². The number of carbonyl (C=O) groups excluding carboxylic acids is 1. The van der Waals surface area contributed by atoms with Crippen LogP contribution in [-0.2, 0) is 0 Å². The molecule has 1 amide bonds. The zero-order chi connectivity index (χ0) is 14.8. The SMILES string of the molecule is Nc1c(Cl)cccc1C(=O)Nc1cccc2cccnc12. The summed E-state index contributed by atoms with van der Waals surface area (Å²) in [6.07, 6.45) is 1.69. The van der Waals surface area contributed by atoms with Crippen LogP contribution in [0.5, 0.6) is 0 Å². The first-order chi connectivity index (χ1) is 10.2. The lowest BCUT2D eigenvalue weighted by molar-refractivity contribution is 0.102. The molecule has 0 saturated heterocycles. The van der Waals surface area contributed by atoms with Crippen LogP contribution in [-0.4, -0.2) is 10.9 Å². The first kappa shape index (κ1) is 13.4. The topological polar surface area (TPSA) is 68.0 Å². The van der Waals surface area contributed by atoms with Gasteiger partial charge in [0, 0.05) is 11.6 Å². The summed E-state index contributed by atoms with van der Waals surface area (Å²) in [7, 11) is 0. The van der Waals surface area contributed by atoms with Crippen LogP contribution in [0.1, 0.15) is 10.4 Å². The molecule has 0 fully saturated rings. The van der Waals surface area contributed by atoms with Crippen molar-refractivity contribution < 1.29 is 4.79 Å². The Labute approximate surface area is 126 Å². The van der Waals surface area contributed by atoms with E-state index in [1.807, 2.05) is 24.3 Å². The number of pyridine rings is 1. The van der Waals surface area contributed by atoms with Gasteiger partial charge in [0.05, 0.1) is 27.5 Å². The number of nitrogens with one attached hydrogen (secondary N) is 1. The van der Waals surface area contributed by atoms with Crippen LogP contribution >= 0.6 is 11.6 Å². The zero-order valence-corrected chi connectivity index (χ0v) is 11.8. The Morgan fingerprint density at radius 1 is 1.10 bits per heavy atom. The van der Waals surface area contributed by atoms with Gasteiger partial charge < -0.3 is 11.1 Å². The summed E-state index contributed by atoms with van der Waals surface area (Å²) in [5.74, 6) is -0.312. The van der Waals surface area contributed by atoms with E-state index in [-0.39, 0.29) is 11.6 Å². The fourth-order valence-corrected chi connectivity index (χ4v) is 2.30. The fraction of sp³-hybridized carbons (Fsp3) is 0. The predicted octanol–water partition coefficient (Wildman–Crippen LogP) is 3.72. The van der Waals surface area contributed by atoms with Crippen molar-refractivity contribution >= 4 is 39.8 Å². The van der Waals surface area contributed by atoms with Crippen LogP contribution in [0.15, 0.2) is 54.7 Å². The Kier molecular flexibility index (Phi) is 3.46. The highest BCUT2D eigenvalue weighted by Gasteiger charge is 2.13. The van der Waals surface area contributed by atoms with Crippen LogP contribution < -0.4 is 11.1 Å². The van der Waals surface area contributed by atoms with Crippen molar-refractivity contribution in [1.82, 2.24) is 4.98 Å². The fourth-order valence-electron chi connectivity index (χ4n) is 2.13. The van der Waals surface area contributed by atoms with Crippen molar-refractivity contribution in [1.29, 1.82) is 0 Å². The van der Waals surface area contributed by atoms with E-state index in [0.29, 0.717) is 16.3 Å². The second-order valence-corrected chi connectivity index (χ2v) is 4.94. The number of aromatic nitrogens is 1. The van der Waals surface area contributed by atoms with Gasteiger partial charge in [0.1, 0.15) is 0 Å². The number of carbonyl (C=O) groups is 1. The van der Waals surface area contributed by atoms with E-state index in [1.165, 1.54) is 0 Å². The number of hydrogen-bond acceptors (Lipinski definition) is 3. The van der Waals surface area contributed by atoms with Crippen LogP contribution in [0, 0.1) is 0 Å². The minimum absolute atomic E-state index is 0.268. The highest BCUT2D eigenvalue weighted by Crippen LogP contribution is 2.25. The van der Waals surface area contributed by atoms with Gasteiger partial charge in [-0.15, -0.1) is 0 Å². The second kappa shape index (κ2) is 5.42. The minimum atomic E-state index is -0.312. The van der Waals surface area contributed by atoms with Crippen molar-refractivity contribution in [2.24, 2.45) is 0 Å². The van der Waals surface area contributed by atoms with Gasteiger partial charge in [0.25, 0.3) is 5.91 Å². The number of benzene rings is 2. The molecule has 0 bridgehead atoms. The molecule has 3 rings (SSSR count). The molecule has 5 heteroatoms. The van der Waals surface area contributed by atoms with Gasteiger partial charge in [0.2, 0.25) is 0 Å². The van der Waals surface area contributed by atoms with E-state index < -0.39 is 0 Å². The number of anilines is 2. The summed E-state index contributed by atoms with van der Waals surface area (Å²) in [6, 6.07) is 14.4. The molecule has 0 saturated carbocycles. The lowest BCUT2D eigenvalue weighted by atomic mass is 10.1. The zero-order valence-electron chi connectivity index (χ0n) is 11.0. The van der Waals surface area contributed by atoms with Gasteiger partial charge in [0.15, 0.2) is 0 Å². The monoisotopic (exact) mass is 297 g/mol. The minimum Gasteiger partial charge on any atom is -0.397 e. The third kappa shape index (κ3) is 2.53. The number of fused-ring (bicyclic) bond motifs is 1. The maximum atomic E-state index is 12.4. The third-order valence-electron chi connectivity index (χ3n) is 3.18. The first-order valence-corrected chi connectivity index (χ1v) is 6.73. The molecule has 0 spiro atoms. The molecule has 0 unspecified atom stereocenters. The van der Waals surface area contributed by atoms with E-state index >= 15 is 0 Å². The molecule has 21 heavy (non-hydrogen) atoms. The molecular weight excluding hydrogens is 286 g/mol. The summed E-state index contributed by atoms with van der Waals surface area (Å²) in [5, 5.41) is 4.14. The molecule has 0 atom stereocenters. The average Bonchev–Trinajstić information content (AvgIpc) is 2.50. The Morgan fingerprint density at radius 3 is 2.71 bits per heavy atom. The number of nitrogen functional groups attached to an aromatic ring is 1. The van der Waals surface area contributed by atoms with Crippen LogP contribution in [0.2, 0.25) is 5.02 Å². The Balaban J connectivity index is 1.99. The quantitative estimate of drug-likeness (QED) is 0.708. The van der Waals surface area contributed by atoms with Gasteiger partial charge >= 0.3 is 0 Å². The number of para-hydroxylation sites is 2. The summed E-state index contributed by atoms with van der Waals surface area (Å²) in [5.41, 5.74) is 7.82. The number of rotatable bonds is 2. The highest BCUT2D eigenvalue weighted by molar-refractivity contribution is 6.34. The molecule has 3 aromatic rings. The van der Waals surface area contributed by atoms with Crippen molar-refractivity contribution in [2.75, 3.05) is 11.1 Å². The number of amides is 1. The third-order valence-corrected chi connectivity index (χ3v) is 3.51. The van der Waals surface area contributed by atoms with Crippen LogP contribution in [0.25, 0.3) is 10.9 Å². The van der Waals surface area contributed by atoms with Crippen molar-refractivity contribution in [2.45, 2.75) is 0 Å². The molecule has 1 aromatic heterocycles. The maximum absolute atomic E-state index is 12.4. The normalized spacial score (nSPS) is 10.5. The van der Waals surface area contributed by atoms with Crippen molar-refractivity contribution in [3.05, 3.63) is 65.3 Å². The number of nitrogens with zero attached hydrogens (tertiary/aromatic N) is 1. The second-order valence-electron chi connectivity index (χ2n) is 4.54. The number of halogens is 1. The smallest absolute Gasteiger partial charge is 0.257 e. The standard InChI is InChI=1S/C16H12ClN3O/c17-12-7-2-6-11(14(12)18)16(21)20-13-8-1-4-10-5-3-9-19-15(10)13/h1-9H,18H2,(H,20,21). The summed E-state index contributed by atoms with van der Waals surface area (Å²) in [6.45, 7) is 0. The van der Waals surface area contributed by atoms with Gasteiger partial charge in [-0.25, -0.2) is 0 Å². The highest BCUT2D eigenvalue weighted by atomic mass is 35.5. The summed E-state index contributed by atoms with van der Waals surface area (Å²) >= 11 is 5.94. The molecule has 0 aliphatic heterocycles. The molecule has 3 N–H and O–H groups in total. The van der Waals surface area contributed by atoms with E-state index in [1.54, 1.807) is 30.5 Å². The Hall–Kier alpha value is -2.59. The van der Waals surface area contributed by atoms with Crippen molar-refractivity contribution in [3.63, 3.8) is 0 Å². The van der Waals surface area contributed by atoms with Crippen LogP contribution in [0.4, 0.5) is 11.4 Å². The number of hydrogen-bond donors (Lipinski definition) is 2. The Morgan fingerprint density at radius 2 is 1.86 bits per heavy atom.